The first-order valence-electron chi connectivity index (χ1n) is 12.9. The average Bonchev–Trinajstić information content (AvgIpc) is 2.82. The second-order valence-electron chi connectivity index (χ2n) is 10.5. The number of fused-ring (bicyclic) bond motifs is 1. The first kappa shape index (κ1) is 25.8. The molecule has 0 unspecified atom stereocenters. The van der Waals surface area contributed by atoms with Crippen LogP contribution < -0.4 is 10.1 Å². The van der Waals surface area contributed by atoms with Gasteiger partial charge in [0.05, 0.1) is 12.5 Å². The van der Waals surface area contributed by atoms with E-state index in [1.165, 1.54) is 6.07 Å². The number of carboxylic acids is 1. The predicted molar refractivity (Wildman–Crippen MR) is 131 cm³/mol. The van der Waals surface area contributed by atoms with E-state index in [9.17, 15) is 23.1 Å². The Morgan fingerprint density at radius 3 is 2.54 bits per heavy atom. The number of hydrogen-bond acceptors (Lipinski definition) is 3. The van der Waals surface area contributed by atoms with Gasteiger partial charge in [-0.1, -0.05) is 37.6 Å². The highest BCUT2D eigenvalue weighted by Crippen LogP contribution is 2.43. The summed E-state index contributed by atoms with van der Waals surface area (Å²) in [6.45, 7) is 3.65. The number of alkyl halides is 3. The van der Waals surface area contributed by atoms with E-state index in [2.05, 4.69) is 12.2 Å². The highest BCUT2D eigenvalue weighted by molar-refractivity contribution is 5.89. The molecule has 2 fully saturated rings. The number of hydrogen-bond donors (Lipinski definition) is 2. The van der Waals surface area contributed by atoms with E-state index >= 15 is 0 Å². The monoisotopic (exact) mass is 491 g/mol. The molecule has 7 heteroatoms. The second-order valence-corrected chi connectivity index (χ2v) is 10.5. The molecule has 35 heavy (non-hydrogen) atoms. The van der Waals surface area contributed by atoms with E-state index in [4.69, 9.17) is 4.74 Å². The molecule has 2 N–H and O–H groups in total. The van der Waals surface area contributed by atoms with Crippen molar-refractivity contribution >= 4 is 16.7 Å². The lowest BCUT2D eigenvalue weighted by atomic mass is 9.73. The van der Waals surface area contributed by atoms with Crippen molar-refractivity contribution in [2.24, 2.45) is 11.3 Å². The fourth-order valence-corrected chi connectivity index (χ4v) is 5.94. The average molecular weight is 492 g/mol. The van der Waals surface area contributed by atoms with Crippen LogP contribution in [0.4, 0.5) is 13.2 Å². The Bertz CT molecular complexity index is 1020. The highest BCUT2D eigenvalue weighted by Gasteiger charge is 2.38. The number of rotatable bonds is 8. The molecular weight excluding hydrogens is 455 g/mol. The van der Waals surface area contributed by atoms with Crippen LogP contribution in [0, 0.1) is 11.3 Å². The van der Waals surface area contributed by atoms with E-state index in [0.717, 1.165) is 57.1 Å². The van der Waals surface area contributed by atoms with Crippen LogP contribution in [-0.2, 0) is 17.4 Å². The minimum Gasteiger partial charge on any atom is -0.490 e. The molecule has 4 nitrogen and oxygen atoms in total. The van der Waals surface area contributed by atoms with Gasteiger partial charge in [0.15, 0.2) is 0 Å². The number of nitrogens with one attached hydrogen (secondary N) is 1. The standard InChI is InChI=1S/C28H36F3NO3/c1-2-19-5-9-22(10-6-19)35-24-11-8-21-7-4-20(16-23(21)26(24)28(29,30)31)12-14-27(17-25(33)34)13-3-15-32-18-27/h4,7-8,11,16,19,22,32H,2-3,5-6,9-10,12-15,17-18H2,1H3,(H,33,34)/t19-,22+,27-/m0/s1. The zero-order valence-corrected chi connectivity index (χ0v) is 20.4. The maximum atomic E-state index is 14.3. The molecule has 2 aromatic rings. The minimum atomic E-state index is -4.54. The van der Waals surface area contributed by atoms with Gasteiger partial charge < -0.3 is 15.2 Å². The van der Waals surface area contributed by atoms with E-state index in [1.54, 1.807) is 18.2 Å². The molecule has 1 aliphatic carbocycles. The summed E-state index contributed by atoms with van der Waals surface area (Å²) in [4.78, 5) is 11.5. The number of carbonyl (C=O) groups is 1. The van der Waals surface area contributed by atoms with Crippen LogP contribution >= 0.6 is 0 Å². The van der Waals surface area contributed by atoms with Crippen molar-refractivity contribution in [3.63, 3.8) is 0 Å². The van der Waals surface area contributed by atoms with Gasteiger partial charge in [0.25, 0.3) is 0 Å². The smallest absolute Gasteiger partial charge is 0.420 e. The third-order valence-corrected chi connectivity index (χ3v) is 8.03. The van der Waals surface area contributed by atoms with Gasteiger partial charge in [-0.25, -0.2) is 0 Å². The lowest BCUT2D eigenvalue weighted by molar-refractivity contribution is -0.140. The number of aliphatic carboxylic acids is 1. The van der Waals surface area contributed by atoms with Crippen molar-refractivity contribution in [2.45, 2.75) is 83.4 Å². The number of halogens is 3. The second kappa shape index (κ2) is 10.8. The Balaban J connectivity index is 1.59. The van der Waals surface area contributed by atoms with Crippen LogP contribution in [0.25, 0.3) is 10.8 Å². The van der Waals surface area contributed by atoms with Gasteiger partial charge in [0, 0.05) is 6.54 Å². The van der Waals surface area contributed by atoms with Crippen molar-refractivity contribution in [3.05, 3.63) is 41.5 Å². The Morgan fingerprint density at radius 2 is 1.91 bits per heavy atom. The number of ether oxygens (including phenoxy) is 1. The van der Waals surface area contributed by atoms with Crippen LogP contribution in [0.15, 0.2) is 30.3 Å². The zero-order valence-electron chi connectivity index (χ0n) is 20.4. The van der Waals surface area contributed by atoms with Gasteiger partial charge in [-0.15, -0.1) is 0 Å². The van der Waals surface area contributed by atoms with E-state index < -0.39 is 17.7 Å². The molecule has 192 valence electrons. The largest absolute Gasteiger partial charge is 0.490 e. The Morgan fingerprint density at radius 1 is 1.17 bits per heavy atom. The van der Waals surface area contributed by atoms with Gasteiger partial charge in [-0.3, -0.25) is 4.79 Å². The topological polar surface area (TPSA) is 58.6 Å². The minimum absolute atomic E-state index is 0.0691. The van der Waals surface area contributed by atoms with E-state index in [-0.39, 0.29) is 29.1 Å². The van der Waals surface area contributed by atoms with Crippen LogP contribution in [-0.4, -0.2) is 30.3 Å². The third-order valence-electron chi connectivity index (χ3n) is 8.03. The summed E-state index contributed by atoms with van der Waals surface area (Å²) >= 11 is 0. The number of piperidine rings is 1. The quantitative estimate of drug-likeness (QED) is 0.418. The normalized spacial score (nSPS) is 25.5. The molecule has 2 aromatic carbocycles. The number of aryl methyl sites for hydroxylation is 1. The summed E-state index contributed by atoms with van der Waals surface area (Å²) in [7, 11) is 0. The predicted octanol–water partition coefficient (Wildman–Crippen LogP) is 6.98. The van der Waals surface area contributed by atoms with Gasteiger partial charge in [0.1, 0.15) is 11.3 Å². The maximum absolute atomic E-state index is 14.3. The van der Waals surface area contributed by atoms with Crippen LogP contribution in [0.2, 0.25) is 0 Å². The molecule has 0 spiro atoms. The molecule has 1 atom stereocenters. The summed E-state index contributed by atoms with van der Waals surface area (Å²) in [5.41, 5.74) is -0.276. The van der Waals surface area contributed by atoms with Gasteiger partial charge in [0.2, 0.25) is 0 Å². The summed E-state index contributed by atoms with van der Waals surface area (Å²) < 4.78 is 48.9. The first-order chi connectivity index (χ1) is 16.7. The molecule has 1 aliphatic heterocycles. The van der Waals surface area contributed by atoms with Crippen LogP contribution in [0.3, 0.4) is 0 Å². The van der Waals surface area contributed by atoms with Crippen molar-refractivity contribution in [1.82, 2.24) is 5.32 Å². The first-order valence-corrected chi connectivity index (χ1v) is 12.9. The Kier molecular flexibility index (Phi) is 7.94. The van der Waals surface area contributed by atoms with Crippen molar-refractivity contribution in [2.75, 3.05) is 13.1 Å². The fourth-order valence-electron chi connectivity index (χ4n) is 5.94. The molecular formula is C28H36F3NO3. The summed E-state index contributed by atoms with van der Waals surface area (Å²) in [6.07, 6.45) is 2.88. The highest BCUT2D eigenvalue weighted by atomic mass is 19.4. The molecule has 1 saturated heterocycles. The third kappa shape index (κ3) is 6.29. The lowest BCUT2D eigenvalue weighted by Gasteiger charge is -2.36. The number of benzene rings is 2. The molecule has 1 saturated carbocycles. The molecule has 0 radical (unpaired) electrons. The molecule has 0 aromatic heterocycles. The number of carboxylic acid groups (broad SMARTS) is 1. The van der Waals surface area contributed by atoms with E-state index in [1.807, 2.05) is 6.07 Å². The van der Waals surface area contributed by atoms with Crippen LogP contribution in [0.5, 0.6) is 5.75 Å². The maximum Gasteiger partial charge on any atom is 0.420 e. The Labute approximate surface area is 205 Å². The van der Waals surface area contributed by atoms with E-state index in [0.29, 0.717) is 30.7 Å². The molecule has 4 rings (SSSR count). The summed E-state index contributed by atoms with van der Waals surface area (Å²) in [5, 5.41) is 13.4. The molecule has 0 bridgehead atoms. The Hall–Kier alpha value is -2.28. The van der Waals surface area contributed by atoms with Crippen molar-refractivity contribution in [1.29, 1.82) is 0 Å². The van der Waals surface area contributed by atoms with Gasteiger partial charge in [-0.2, -0.15) is 13.2 Å². The van der Waals surface area contributed by atoms with Gasteiger partial charge in [-0.05, 0) is 91.6 Å². The summed E-state index contributed by atoms with van der Waals surface area (Å²) in [5.74, 6) is -0.276. The van der Waals surface area contributed by atoms with Crippen molar-refractivity contribution < 1.29 is 27.8 Å². The molecule has 2 aliphatic rings. The van der Waals surface area contributed by atoms with Crippen LogP contribution in [0.1, 0.15) is 75.8 Å². The summed E-state index contributed by atoms with van der Waals surface area (Å²) in [6, 6.07) is 8.40. The SMILES string of the molecule is CC[C@H]1CC[C@@H](Oc2ccc3ccc(CC[C@]4(CC(=O)O)CCCNC4)cc3c2C(F)(F)F)CC1. The van der Waals surface area contributed by atoms with Gasteiger partial charge >= 0.3 is 12.1 Å². The lowest BCUT2D eigenvalue weighted by Crippen LogP contribution is -2.41. The zero-order chi connectivity index (χ0) is 25.1. The van der Waals surface area contributed by atoms with Crippen molar-refractivity contribution in [3.8, 4) is 5.75 Å². The molecule has 0 amide bonds. The fraction of sp³-hybridized carbons (Fsp3) is 0.607. The molecule has 1 heterocycles.